The minimum absolute atomic E-state index is 0.509. The van der Waals surface area contributed by atoms with Crippen LogP contribution in [0.5, 0.6) is 0 Å². The van der Waals surface area contributed by atoms with Gasteiger partial charge in [0.25, 0.3) is 0 Å². The topological polar surface area (TPSA) is 66.5 Å². The van der Waals surface area contributed by atoms with Crippen LogP contribution in [0.2, 0.25) is 0 Å². The van der Waals surface area contributed by atoms with Gasteiger partial charge in [0, 0.05) is 5.69 Å². The average molecular weight is 249 g/mol. The highest BCUT2D eigenvalue weighted by Crippen LogP contribution is 2.12. The second-order valence-electron chi connectivity index (χ2n) is 4.11. The van der Waals surface area contributed by atoms with Crippen molar-refractivity contribution in [3.05, 3.63) is 54.1 Å². The van der Waals surface area contributed by atoms with Crippen LogP contribution < -0.4 is 5.32 Å². The third kappa shape index (κ3) is 2.24. The monoisotopic (exact) mass is 249 g/mol. The van der Waals surface area contributed by atoms with Crippen molar-refractivity contribution in [2.75, 3.05) is 5.32 Å². The molecule has 0 saturated heterocycles. The molecule has 0 radical (unpaired) electrons. The van der Waals surface area contributed by atoms with Crippen molar-refractivity contribution >= 4 is 16.7 Å². The fourth-order valence-electron chi connectivity index (χ4n) is 1.90. The van der Waals surface area contributed by atoms with Gasteiger partial charge >= 0.3 is 0 Å². The maximum absolute atomic E-state index is 8.85. The summed E-state index contributed by atoms with van der Waals surface area (Å²) in [6.45, 7) is 0.509. The SMILES string of the molecule is N#Cc1cccc(NCn2nnc3ccccc32)c1. The zero-order chi connectivity index (χ0) is 13.1. The summed E-state index contributed by atoms with van der Waals surface area (Å²) in [5.41, 5.74) is 3.37. The van der Waals surface area contributed by atoms with Crippen molar-refractivity contribution in [1.29, 1.82) is 5.26 Å². The zero-order valence-electron chi connectivity index (χ0n) is 10.1. The summed E-state index contributed by atoms with van der Waals surface area (Å²) < 4.78 is 1.79. The summed E-state index contributed by atoms with van der Waals surface area (Å²) >= 11 is 0. The molecule has 0 aliphatic heterocycles. The van der Waals surface area contributed by atoms with Crippen LogP contribution in [0.1, 0.15) is 5.56 Å². The van der Waals surface area contributed by atoms with Gasteiger partial charge in [-0.25, -0.2) is 4.68 Å². The number of nitriles is 1. The second kappa shape index (κ2) is 4.78. The van der Waals surface area contributed by atoms with Gasteiger partial charge in [0.05, 0.1) is 17.1 Å². The Labute approximate surface area is 110 Å². The lowest BCUT2D eigenvalue weighted by atomic mass is 10.2. The predicted molar refractivity (Wildman–Crippen MR) is 72.3 cm³/mol. The molecular weight excluding hydrogens is 238 g/mol. The molecule has 3 rings (SSSR count). The van der Waals surface area contributed by atoms with E-state index in [1.54, 1.807) is 16.8 Å². The van der Waals surface area contributed by atoms with Crippen molar-refractivity contribution < 1.29 is 0 Å². The van der Waals surface area contributed by atoms with Crippen molar-refractivity contribution in [3.8, 4) is 6.07 Å². The smallest absolute Gasteiger partial charge is 0.113 e. The van der Waals surface area contributed by atoms with E-state index in [0.717, 1.165) is 16.7 Å². The molecule has 5 nitrogen and oxygen atoms in total. The van der Waals surface area contributed by atoms with Crippen LogP contribution in [0.15, 0.2) is 48.5 Å². The molecule has 0 aliphatic carbocycles. The van der Waals surface area contributed by atoms with Gasteiger partial charge in [0.15, 0.2) is 0 Å². The van der Waals surface area contributed by atoms with Crippen molar-refractivity contribution in [3.63, 3.8) is 0 Å². The molecule has 3 aromatic rings. The molecule has 0 atom stereocenters. The molecule has 92 valence electrons. The fraction of sp³-hybridized carbons (Fsp3) is 0.0714. The first-order valence-corrected chi connectivity index (χ1v) is 5.89. The lowest BCUT2D eigenvalue weighted by molar-refractivity contribution is 0.655. The second-order valence-corrected chi connectivity index (χ2v) is 4.11. The summed E-state index contributed by atoms with van der Waals surface area (Å²) in [6, 6.07) is 17.3. The number of nitrogens with one attached hydrogen (secondary N) is 1. The van der Waals surface area contributed by atoms with Crippen LogP contribution in [0, 0.1) is 11.3 Å². The minimum atomic E-state index is 0.509. The number of rotatable bonds is 3. The third-order valence-corrected chi connectivity index (χ3v) is 2.84. The zero-order valence-corrected chi connectivity index (χ0v) is 10.1. The number of fused-ring (bicyclic) bond motifs is 1. The van der Waals surface area contributed by atoms with Gasteiger partial charge in [-0.15, -0.1) is 5.10 Å². The van der Waals surface area contributed by atoms with Crippen LogP contribution >= 0.6 is 0 Å². The molecule has 5 heteroatoms. The molecular formula is C14H11N5. The standard InChI is InChI=1S/C14H11N5/c15-9-11-4-3-5-12(8-11)16-10-19-14-7-2-1-6-13(14)17-18-19/h1-8,16H,10H2. The molecule has 0 amide bonds. The van der Waals surface area contributed by atoms with Crippen LogP contribution in [0.4, 0.5) is 5.69 Å². The van der Waals surface area contributed by atoms with E-state index in [9.17, 15) is 0 Å². The highest BCUT2D eigenvalue weighted by atomic mass is 15.4. The third-order valence-electron chi connectivity index (χ3n) is 2.84. The quantitative estimate of drug-likeness (QED) is 0.773. The molecule has 0 spiro atoms. The lowest BCUT2D eigenvalue weighted by Crippen LogP contribution is -2.09. The molecule has 0 fully saturated rings. The maximum atomic E-state index is 8.85. The van der Waals surface area contributed by atoms with Crippen molar-refractivity contribution in [2.24, 2.45) is 0 Å². The van der Waals surface area contributed by atoms with Crippen molar-refractivity contribution in [2.45, 2.75) is 6.67 Å². The largest absolute Gasteiger partial charge is 0.366 e. The summed E-state index contributed by atoms with van der Waals surface area (Å²) in [5.74, 6) is 0. The first-order valence-electron chi connectivity index (χ1n) is 5.89. The Bertz CT molecular complexity index is 754. The molecule has 0 saturated carbocycles. The fourth-order valence-corrected chi connectivity index (χ4v) is 1.90. The maximum Gasteiger partial charge on any atom is 0.113 e. The Morgan fingerprint density at radius 3 is 2.95 bits per heavy atom. The van der Waals surface area contributed by atoms with E-state index in [1.165, 1.54) is 0 Å². The molecule has 0 bridgehead atoms. The number of benzene rings is 2. The van der Waals surface area contributed by atoms with E-state index < -0.39 is 0 Å². The summed E-state index contributed by atoms with van der Waals surface area (Å²) in [6.07, 6.45) is 0. The van der Waals surface area contributed by atoms with E-state index >= 15 is 0 Å². The highest BCUT2D eigenvalue weighted by Gasteiger charge is 2.02. The average Bonchev–Trinajstić information content (AvgIpc) is 2.89. The van der Waals surface area contributed by atoms with Gasteiger partial charge in [0.1, 0.15) is 12.2 Å². The van der Waals surface area contributed by atoms with Gasteiger partial charge in [0.2, 0.25) is 0 Å². The van der Waals surface area contributed by atoms with E-state index in [2.05, 4.69) is 21.7 Å². The number of hydrogen-bond donors (Lipinski definition) is 1. The normalized spacial score (nSPS) is 10.3. The number of para-hydroxylation sites is 1. The molecule has 19 heavy (non-hydrogen) atoms. The van der Waals surface area contributed by atoms with Crippen LogP contribution in [-0.2, 0) is 6.67 Å². The summed E-state index contributed by atoms with van der Waals surface area (Å²) in [5, 5.41) is 20.3. The number of anilines is 1. The molecule has 2 aromatic carbocycles. The van der Waals surface area contributed by atoms with Crippen LogP contribution in [-0.4, -0.2) is 15.0 Å². The molecule has 1 heterocycles. The Kier molecular flexibility index (Phi) is 2.83. The highest BCUT2D eigenvalue weighted by molar-refractivity contribution is 5.73. The molecule has 0 aliphatic rings. The number of aromatic nitrogens is 3. The van der Waals surface area contributed by atoms with Crippen LogP contribution in [0.3, 0.4) is 0 Å². The van der Waals surface area contributed by atoms with Gasteiger partial charge in [-0.3, -0.25) is 0 Å². The van der Waals surface area contributed by atoms with E-state index in [-0.39, 0.29) is 0 Å². The van der Waals surface area contributed by atoms with E-state index in [0.29, 0.717) is 12.2 Å². The molecule has 1 N–H and O–H groups in total. The first kappa shape index (κ1) is 11.2. The molecule has 0 unspecified atom stereocenters. The summed E-state index contributed by atoms with van der Waals surface area (Å²) in [7, 11) is 0. The lowest BCUT2D eigenvalue weighted by Gasteiger charge is -2.06. The van der Waals surface area contributed by atoms with E-state index in [4.69, 9.17) is 5.26 Å². The van der Waals surface area contributed by atoms with E-state index in [1.807, 2.05) is 36.4 Å². The minimum Gasteiger partial charge on any atom is -0.366 e. The van der Waals surface area contributed by atoms with Gasteiger partial charge in [-0.1, -0.05) is 23.4 Å². The van der Waals surface area contributed by atoms with Crippen molar-refractivity contribution in [1.82, 2.24) is 15.0 Å². The first-order chi connectivity index (χ1) is 9.36. The Morgan fingerprint density at radius 1 is 1.16 bits per heavy atom. The predicted octanol–water partition coefficient (Wildman–Crippen LogP) is 2.37. The van der Waals surface area contributed by atoms with Gasteiger partial charge in [-0.05, 0) is 30.3 Å². The number of hydrogen-bond acceptors (Lipinski definition) is 4. The molecule has 1 aromatic heterocycles. The van der Waals surface area contributed by atoms with Gasteiger partial charge in [-0.2, -0.15) is 5.26 Å². The Morgan fingerprint density at radius 2 is 2.05 bits per heavy atom. The van der Waals surface area contributed by atoms with Gasteiger partial charge < -0.3 is 5.32 Å². The summed E-state index contributed by atoms with van der Waals surface area (Å²) in [4.78, 5) is 0. The Hall–Kier alpha value is -2.87. The number of nitrogens with zero attached hydrogens (tertiary/aromatic N) is 4. The Balaban J connectivity index is 1.81. The van der Waals surface area contributed by atoms with Crippen LogP contribution in [0.25, 0.3) is 11.0 Å².